The van der Waals surface area contributed by atoms with Crippen LogP contribution in [0.1, 0.15) is 11.6 Å². The third-order valence-electron chi connectivity index (χ3n) is 2.55. The molecule has 0 spiro atoms. The summed E-state index contributed by atoms with van der Waals surface area (Å²) in [5.74, 6) is 7.69. The van der Waals surface area contributed by atoms with E-state index in [1.807, 2.05) is 30.0 Å². The highest BCUT2D eigenvalue weighted by Crippen LogP contribution is 2.24. The highest BCUT2D eigenvalue weighted by atomic mass is 32.2. The predicted molar refractivity (Wildman–Crippen MR) is 63.6 cm³/mol. The Hall–Kier alpha value is -0.550. The predicted octanol–water partition coefficient (Wildman–Crippen LogP) is 1.32. The first-order chi connectivity index (χ1) is 7.42. The van der Waals surface area contributed by atoms with E-state index in [2.05, 4.69) is 17.6 Å². The van der Waals surface area contributed by atoms with Crippen LogP contribution < -0.4 is 11.3 Å². The van der Waals surface area contributed by atoms with Gasteiger partial charge in [-0.25, -0.2) is 0 Å². The topological polar surface area (TPSA) is 47.3 Å². The van der Waals surface area contributed by atoms with E-state index in [1.54, 1.807) is 0 Å². The summed E-state index contributed by atoms with van der Waals surface area (Å²) >= 11 is 1.92. The van der Waals surface area contributed by atoms with Crippen molar-refractivity contribution >= 4 is 11.8 Å². The SMILES string of the molecule is NNC(c1ccccc1)C1CSCCO1. The van der Waals surface area contributed by atoms with Crippen LogP contribution in [0.25, 0.3) is 0 Å². The zero-order chi connectivity index (χ0) is 10.5. The second kappa shape index (κ2) is 5.51. The first-order valence-electron chi connectivity index (χ1n) is 5.12. The van der Waals surface area contributed by atoms with Gasteiger partial charge in [0.05, 0.1) is 18.8 Å². The molecule has 1 heterocycles. The van der Waals surface area contributed by atoms with Crippen LogP contribution in [0.2, 0.25) is 0 Å². The Morgan fingerprint density at radius 2 is 2.20 bits per heavy atom. The third kappa shape index (κ3) is 2.72. The molecule has 1 fully saturated rings. The molecule has 0 radical (unpaired) electrons. The van der Waals surface area contributed by atoms with E-state index in [0.29, 0.717) is 0 Å². The molecule has 2 atom stereocenters. The molecule has 0 bridgehead atoms. The summed E-state index contributed by atoms with van der Waals surface area (Å²) in [5.41, 5.74) is 4.04. The lowest BCUT2D eigenvalue weighted by molar-refractivity contribution is 0.0468. The summed E-state index contributed by atoms with van der Waals surface area (Å²) < 4.78 is 5.72. The molecule has 15 heavy (non-hydrogen) atoms. The van der Waals surface area contributed by atoms with Crippen molar-refractivity contribution in [2.75, 3.05) is 18.1 Å². The first kappa shape index (κ1) is 11.0. The molecule has 3 nitrogen and oxygen atoms in total. The lowest BCUT2D eigenvalue weighted by atomic mass is 10.0. The van der Waals surface area contributed by atoms with Gasteiger partial charge in [0.2, 0.25) is 0 Å². The van der Waals surface area contributed by atoms with Crippen LogP contribution in [-0.4, -0.2) is 24.2 Å². The molecule has 3 N–H and O–H groups in total. The molecular weight excluding hydrogens is 208 g/mol. The van der Waals surface area contributed by atoms with Crippen molar-refractivity contribution in [2.24, 2.45) is 5.84 Å². The molecule has 1 aromatic carbocycles. The fourth-order valence-electron chi connectivity index (χ4n) is 1.78. The number of nitrogens with two attached hydrogens (primary N) is 1. The van der Waals surface area contributed by atoms with Gasteiger partial charge in [0.25, 0.3) is 0 Å². The Balaban J connectivity index is 2.09. The number of hydrogen-bond acceptors (Lipinski definition) is 4. The van der Waals surface area contributed by atoms with E-state index < -0.39 is 0 Å². The zero-order valence-corrected chi connectivity index (χ0v) is 9.37. The van der Waals surface area contributed by atoms with Crippen molar-refractivity contribution in [1.82, 2.24) is 5.43 Å². The van der Waals surface area contributed by atoms with E-state index in [9.17, 15) is 0 Å². The Labute approximate surface area is 94.3 Å². The maximum atomic E-state index is 5.72. The molecule has 0 amide bonds. The van der Waals surface area contributed by atoms with Gasteiger partial charge in [0.1, 0.15) is 0 Å². The fourth-order valence-corrected chi connectivity index (χ4v) is 2.68. The summed E-state index contributed by atoms with van der Waals surface area (Å²) in [6, 6.07) is 10.3. The average molecular weight is 224 g/mol. The molecule has 4 heteroatoms. The normalized spacial score (nSPS) is 23.7. The lowest BCUT2D eigenvalue weighted by Gasteiger charge is -2.29. The number of nitrogens with one attached hydrogen (secondary N) is 1. The van der Waals surface area contributed by atoms with Crippen LogP contribution >= 0.6 is 11.8 Å². The first-order valence-corrected chi connectivity index (χ1v) is 6.27. The lowest BCUT2D eigenvalue weighted by Crippen LogP contribution is -2.41. The maximum absolute atomic E-state index is 5.72. The van der Waals surface area contributed by atoms with Gasteiger partial charge in [0.15, 0.2) is 0 Å². The number of hydrogen-bond donors (Lipinski definition) is 2. The molecule has 2 rings (SSSR count). The van der Waals surface area contributed by atoms with Crippen LogP contribution in [0.15, 0.2) is 30.3 Å². The molecule has 1 aliphatic heterocycles. The minimum Gasteiger partial charge on any atom is -0.374 e. The quantitative estimate of drug-likeness (QED) is 0.600. The summed E-state index contributed by atoms with van der Waals surface area (Å²) in [6.07, 6.45) is 0.177. The van der Waals surface area contributed by atoms with Gasteiger partial charge >= 0.3 is 0 Å². The third-order valence-corrected chi connectivity index (χ3v) is 3.57. The molecule has 82 valence electrons. The molecule has 1 saturated heterocycles. The van der Waals surface area contributed by atoms with Gasteiger partial charge in [-0.15, -0.1) is 0 Å². The smallest absolute Gasteiger partial charge is 0.0873 e. The molecular formula is C11H16N2OS. The van der Waals surface area contributed by atoms with Crippen molar-refractivity contribution in [3.05, 3.63) is 35.9 Å². The molecule has 0 aliphatic carbocycles. The number of thioether (sulfide) groups is 1. The Kier molecular flexibility index (Phi) is 4.02. The Bertz CT molecular complexity index is 288. The Morgan fingerprint density at radius 3 is 2.80 bits per heavy atom. The van der Waals surface area contributed by atoms with E-state index in [1.165, 1.54) is 5.56 Å². The fraction of sp³-hybridized carbons (Fsp3) is 0.455. The molecule has 0 saturated carbocycles. The van der Waals surface area contributed by atoms with Crippen LogP contribution in [-0.2, 0) is 4.74 Å². The van der Waals surface area contributed by atoms with Crippen molar-refractivity contribution in [3.8, 4) is 0 Å². The van der Waals surface area contributed by atoms with E-state index in [0.717, 1.165) is 18.1 Å². The largest absolute Gasteiger partial charge is 0.374 e. The molecule has 2 unspecified atom stereocenters. The molecule has 1 aromatic rings. The van der Waals surface area contributed by atoms with Crippen LogP contribution in [0, 0.1) is 0 Å². The van der Waals surface area contributed by atoms with E-state index >= 15 is 0 Å². The molecule has 0 aromatic heterocycles. The van der Waals surface area contributed by atoms with E-state index in [4.69, 9.17) is 10.6 Å². The Morgan fingerprint density at radius 1 is 1.40 bits per heavy atom. The number of benzene rings is 1. The van der Waals surface area contributed by atoms with Gasteiger partial charge in [0, 0.05) is 11.5 Å². The second-order valence-corrected chi connectivity index (χ2v) is 4.69. The van der Waals surface area contributed by atoms with Gasteiger partial charge in [-0.2, -0.15) is 11.8 Å². The minimum absolute atomic E-state index is 0.0963. The summed E-state index contributed by atoms with van der Waals surface area (Å²) in [4.78, 5) is 0. The van der Waals surface area contributed by atoms with Gasteiger partial charge in [-0.05, 0) is 5.56 Å². The van der Waals surface area contributed by atoms with Crippen molar-refractivity contribution in [1.29, 1.82) is 0 Å². The average Bonchev–Trinajstić information content (AvgIpc) is 2.33. The zero-order valence-electron chi connectivity index (χ0n) is 8.56. The van der Waals surface area contributed by atoms with Crippen molar-refractivity contribution in [2.45, 2.75) is 12.1 Å². The monoisotopic (exact) mass is 224 g/mol. The summed E-state index contributed by atoms with van der Waals surface area (Å²) in [5, 5.41) is 0. The number of rotatable bonds is 3. The van der Waals surface area contributed by atoms with E-state index in [-0.39, 0.29) is 12.1 Å². The van der Waals surface area contributed by atoms with Crippen LogP contribution in [0.5, 0.6) is 0 Å². The van der Waals surface area contributed by atoms with Crippen molar-refractivity contribution < 1.29 is 4.74 Å². The van der Waals surface area contributed by atoms with Crippen LogP contribution in [0.4, 0.5) is 0 Å². The number of hydrazine groups is 1. The standard InChI is InChI=1S/C11H16N2OS/c12-13-11(9-4-2-1-3-5-9)10-8-15-7-6-14-10/h1-5,10-11,13H,6-8,12H2. The number of ether oxygens (including phenoxy) is 1. The second-order valence-electron chi connectivity index (χ2n) is 3.54. The van der Waals surface area contributed by atoms with Gasteiger partial charge in [-0.1, -0.05) is 30.3 Å². The maximum Gasteiger partial charge on any atom is 0.0873 e. The summed E-state index contributed by atoms with van der Waals surface area (Å²) in [7, 11) is 0. The van der Waals surface area contributed by atoms with Gasteiger partial charge in [-0.3, -0.25) is 11.3 Å². The minimum atomic E-state index is 0.0963. The van der Waals surface area contributed by atoms with Crippen molar-refractivity contribution in [3.63, 3.8) is 0 Å². The van der Waals surface area contributed by atoms with Gasteiger partial charge < -0.3 is 4.74 Å². The highest BCUT2D eigenvalue weighted by Gasteiger charge is 2.24. The van der Waals surface area contributed by atoms with Crippen LogP contribution in [0.3, 0.4) is 0 Å². The molecule has 1 aliphatic rings. The highest BCUT2D eigenvalue weighted by molar-refractivity contribution is 7.99. The summed E-state index contributed by atoms with van der Waals surface area (Å²) in [6.45, 7) is 0.820.